The number of hydrogen-bond donors (Lipinski definition) is 1. The Kier molecular flexibility index (Phi) is 8.59. The number of allylic oxidation sites excluding steroid dienone is 3. The van der Waals surface area contributed by atoms with Gasteiger partial charge < -0.3 is 19.3 Å². The minimum Gasteiger partial charge on any atom is -0.446 e. The number of fused-ring (bicyclic) bond motifs is 1. The molecule has 0 spiro atoms. The molecule has 3 aliphatic rings. The molecule has 1 aliphatic heterocycles. The van der Waals surface area contributed by atoms with Crippen LogP contribution in [0.2, 0.25) is 0 Å². The number of carbonyl (C=O) groups excluding carboxylic acids is 1. The predicted molar refractivity (Wildman–Crippen MR) is 156 cm³/mol. The van der Waals surface area contributed by atoms with Crippen LogP contribution in [0.3, 0.4) is 0 Å². The van der Waals surface area contributed by atoms with Crippen LogP contribution in [0.25, 0.3) is 6.08 Å². The van der Waals surface area contributed by atoms with Crippen molar-refractivity contribution in [3.63, 3.8) is 0 Å². The van der Waals surface area contributed by atoms with Gasteiger partial charge in [-0.15, -0.1) is 0 Å². The van der Waals surface area contributed by atoms with Crippen molar-refractivity contribution in [2.24, 2.45) is 7.05 Å². The Balaban J connectivity index is 1.45. The molecule has 1 N–H and O–H groups in total. The fourth-order valence-corrected chi connectivity index (χ4v) is 6.19. The Morgan fingerprint density at radius 1 is 1.20 bits per heavy atom. The van der Waals surface area contributed by atoms with Crippen LogP contribution < -0.4 is 0 Å². The second-order valence-corrected chi connectivity index (χ2v) is 11.5. The quantitative estimate of drug-likeness (QED) is 0.530. The van der Waals surface area contributed by atoms with E-state index in [1.807, 2.05) is 36.2 Å². The summed E-state index contributed by atoms with van der Waals surface area (Å²) in [6, 6.07) is 3.88. The summed E-state index contributed by atoms with van der Waals surface area (Å²) in [7, 11) is 1.85. The summed E-state index contributed by atoms with van der Waals surface area (Å²) in [5.41, 5.74) is 2.26. The molecule has 2 aromatic heterocycles. The number of nitrogens with zero attached hydrogens (tertiary/aromatic N) is 5. The van der Waals surface area contributed by atoms with Gasteiger partial charge in [-0.1, -0.05) is 30.3 Å². The number of hydrogen-bond acceptors (Lipinski definition) is 6. The third-order valence-corrected chi connectivity index (χ3v) is 8.44. The zero-order chi connectivity index (χ0) is 28.3. The van der Waals surface area contributed by atoms with Crippen molar-refractivity contribution in [2.75, 3.05) is 26.2 Å². The Morgan fingerprint density at radius 3 is 2.65 bits per heavy atom. The van der Waals surface area contributed by atoms with Gasteiger partial charge in [0.15, 0.2) is 0 Å². The van der Waals surface area contributed by atoms with Gasteiger partial charge >= 0.3 is 6.09 Å². The number of rotatable bonds is 4. The molecule has 0 radical (unpaired) electrons. The topological polar surface area (TPSA) is 83.7 Å². The molecule has 3 heterocycles. The number of ether oxygens (including phenoxy) is 1. The molecule has 212 valence electrons. The lowest BCUT2D eigenvalue weighted by Gasteiger charge is -2.39. The number of pyridine rings is 1. The van der Waals surface area contributed by atoms with Gasteiger partial charge in [0.1, 0.15) is 11.7 Å². The van der Waals surface area contributed by atoms with Crippen LogP contribution in [0.4, 0.5) is 4.79 Å². The Bertz CT molecular complexity index is 1330. The van der Waals surface area contributed by atoms with E-state index in [0.717, 1.165) is 36.9 Å². The summed E-state index contributed by atoms with van der Waals surface area (Å²) in [6.45, 7) is 8.61. The van der Waals surface area contributed by atoms with Crippen molar-refractivity contribution in [3.8, 4) is 0 Å². The molecule has 1 saturated heterocycles. The van der Waals surface area contributed by atoms with Gasteiger partial charge in [-0.2, -0.15) is 0 Å². The maximum atomic E-state index is 12.8. The van der Waals surface area contributed by atoms with Crippen molar-refractivity contribution < 1.29 is 14.6 Å². The van der Waals surface area contributed by atoms with Crippen LogP contribution in [0.15, 0.2) is 71.8 Å². The van der Waals surface area contributed by atoms with Gasteiger partial charge in [-0.05, 0) is 80.0 Å². The van der Waals surface area contributed by atoms with E-state index in [2.05, 4.69) is 22.5 Å². The summed E-state index contributed by atoms with van der Waals surface area (Å²) in [6.07, 6.45) is 17.5. The van der Waals surface area contributed by atoms with E-state index in [9.17, 15) is 9.90 Å². The number of amides is 1. The average Bonchev–Trinajstić information content (AvgIpc) is 3.61. The van der Waals surface area contributed by atoms with E-state index in [1.54, 1.807) is 36.3 Å². The van der Waals surface area contributed by atoms with Crippen molar-refractivity contribution in [1.29, 1.82) is 0 Å². The first-order chi connectivity index (χ1) is 19.2. The van der Waals surface area contributed by atoms with Crippen LogP contribution >= 0.6 is 11.6 Å². The molecular formula is C31H38ClN5O3. The maximum Gasteiger partial charge on any atom is 0.410 e. The third-order valence-electron chi connectivity index (χ3n) is 8.20. The number of imidazole rings is 1. The fraction of sp³-hybridized carbons (Fsp3) is 0.452. The molecule has 0 bridgehead atoms. The van der Waals surface area contributed by atoms with E-state index in [4.69, 9.17) is 21.3 Å². The smallest absolute Gasteiger partial charge is 0.410 e. The minimum atomic E-state index is -1.39. The van der Waals surface area contributed by atoms with Crippen molar-refractivity contribution in [1.82, 2.24) is 24.3 Å². The number of carbonyl (C=O) groups is 1. The Hall–Kier alpha value is -3.20. The van der Waals surface area contributed by atoms with Gasteiger partial charge in [0.05, 0.1) is 30.0 Å². The van der Waals surface area contributed by atoms with Crippen LogP contribution in [0, 0.1) is 0 Å². The average molecular weight is 564 g/mol. The first-order valence-corrected chi connectivity index (χ1v) is 14.4. The highest BCUT2D eigenvalue weighted by atomic mass is 35.5. The number of aromatic nitrogens is 3. The zero-order valence-electron chi connectivity index (χ0n) is 23.3. The molecule has 2 aliphatic carbocycles. The molecule has 1 amide bonds. The van der Waals surface area contributed by atoms with Crippen LogP contribution in [-0.2, 0) is 17.4 Å². The van der Waals surface area contributed by atoms with Crippen molar-refractivity contribution in [2.45, 2.75) is 56.8 Å². The molecule has 5 rings (SSSR count). The van der Waals surface area contributed by atoms with E-state index >= 15 is 0 Å². The van der Waals surface area contributed by atoms with Crippen LogP contribution in [-0.4, -0.2) is 67.8 Å². The predicted octanol–water partition coefficient (Wildman–Crippen LogP) is 5.48. The molecule has 0 aromatic carbocycles. The number of aliphatic hydroxyl groups is 1. The largest absolute Gasteiger partial charge is 0.446 e. The standard InChI is InChI=1S/C31H38ClN5O3/c1-22-18-24(32)9-6-12-27(36-14-16-37(17-15-36)30(38)40-25-10-4-5-11-25)29-23(8-7-13-34-29)19-26(22)31(2,39)28-20-33-21-35(28)3/h6-9,13,18-21,25,27,39H,1,4-5,10-12,14-17H2,2-3H3/b9-6-,24-18+,26-19+/t27-,31+/m0/s1. The summed E-state index contributed by atoms with van der Waals surface area (Å²) >= 11 is 6.61. The maximum absolute atomic E-state index is 12.8. The van der Waals surface area contributed by atoms with Gasteiger partial charge in [-0.25, -0.2) is 9.78 Å². The van der Waals surface area contributed by atoms with Crippen molar-refractivity contribution in [3.05, 3.63) is 88.8 Å². The normalized spacial score (nSPS) is 26.1. The highest BCUT2D eigenvalue weighted by Crippen LogP contribution is 2.38. The van der Waals surface area contributed by atoms with Crippen LogP contribution in [0.5, 0.6) is 0 Å². The molecular weight excluding hydrogens is 526 g/mol. The zero-order valence-corrected chi connectivity index (χ0v) is 24.1. The van der Waals surface area contributed by atoms with Gasteiger partial charge in [0.25, 0.3) is 0 Å². The minimum absolute atomic E-state index is 0.0459. The van der Waals surface area contributed by atoms with Crippen molar-refractivity contribution >= 4 is 23.8 Å². The number of aryl methyl sites for hydroxylation is 1. The molecule has 1 saturated carbocycles. The third kappa shape index (κ3) is 6.09. The molecule has 40 heavy (non-hydrogen) atoms. The molecule has 9 heteroatoms. The number of piperazine rings is 1. The molecule has 2 atom stereocenters. The van der Waals surface area contributed by atoms with Crippen LogP contribution in [0.1, 0.15) is 62.0 Å². The first kappa shape index (κ1) is 28.3. The van der Waals surface area contributed by atoms with E-state index in [1.165, 1.54) is 0 Å². The summed E-state index contributed by atoms with van der Waals surface area (Å²) in [4.78, 5) is 26.0. The van der Waals surface area contributed by atoms with Gasteiger partial charge in [0, 0.05) is 44.5 Å². The Morgan fingerprint density at radius 2 is 1.95 bits per heavy atom. The summed E-state index contributed by atoms with van der Waals surface area (Å²) in [5.74, 6) is 0. The van der Waals surface area contributed by atoms with Gasteiger partial charge in [0.2, 0.25) is 0 Å². The lowest BCUT2D eigenvalue weighted by atomic mass is 9.85. The molecule has 8 nitrogen and oxygen atoms in total. The fourth-order valence-electron chi connectivity index (χ4n) is 5.97. The Labute approximate surface area is 241 Å². The lowest BCUT2D eigenvalue weighted by Crippen LogP contribution is -2.50. The van der Waals surface area contributed by atoms with Gasteiger partial charge in [-0.3, -0.25) is 9.88 Å². The SMILES string of the molecule is C=C1/C=C(Cl)\C=C/C[C@H](N2CCN(C(=O)OC3CCCC3)CC2)c2ncccc2/C=C\1[C@@](C)(O)c1cncn1C. The lowest BCUT2D eigenvalue weighted by molar-refractivity contribution is 0.0401. The second kappa shape index (κ2) is 12.1. The highest BCUT2D eigenvalue weighted by molar-refractivity contribution is 6.31. The second-order valence-electron chi connectivity index (χ2n) is 11.0. The monoisotopic (exact) mass is 563 g/mol. The first-order valence-electron chi connectivity index (χ1n) is 14.0. The van der Waals surface area contributed by atoms with E-state index in [-0.39, 0.29) is 18.2 Å². The molecule has 2 fully saturated rings. The summed E-state index contributed by atoms with van der Waals surface area (Å²) in [5, 5.41) is 12.4. The van der Waals surface area contributed by atoms with E-state index < -0.39 is 5.60 Å². The molecule has 2 aromatic rings. The molecule has 0 unspecified atom stereocenters. The number of halogens is 1. The van der Waals surface area contributed by atoms with E-state index in [0.29, 0.717) is 54.5 Å². The summed E-state index contributed by atoms with van der Waals surface area (Å²) < 4.78 is 7.55. The highest BCUT2D eigenvalue weighted by Gasteiger charge is 2.34.